The smallest absolute Gasteiger partial charge is 0.339 e. The maximum atomic E-state index is 11.8. The number of carboxylic acids is 1. The number of aromatic nitrogens is 1. The molecule has 20 heavy (non-hydrogen) atoms. The molecule has 6 heteroatoms. The molecule has 1 atom stereocenters. The van der Waals surface area contributed by atoms with E-state index >= 15 is 0 Å². The number of anilines is 1. The molecule has 0 radical (unpaired) electrons. The lowest BCUT2D eigenvalue weighted by Crippen LogP contribution is -2.29. The van der Waals surface area contributed by atoms with Crippen LogP contribution in [0.2, 0.25) is 0 Å². The summed E-state index contributed by atoms with van der Waals surface area (Å²) in [6.45, 7) is 5.17. The summed E-state index contributed by atoms with van der Waals surface area (Å²) < 4.78 is 0. The number of amides is 1. The minimum Gasteiger partial charge on any atom is -0.478 e. The van der Waals surface area contributed by atoms with E-state index in [2.05, 4.69) is 10.3 Å². The first-order chi connectivity index (χ1) is 9.51. The van der Waals surface area contributed by atoms with Crippen molar-refractivity contribution in [2.24, 2.45) is 0 Å². The predicted molar refractivity (Wildman–Crippen MR) is 74.8 cm³/mol. The van der Waals surface area contributed by atoms with Gasteiger partial charge in [0, 0.05) is 25.2 Å². The molecule has 0 spiro atoms. The van der Waals surface area contributed by atoms with E-state index in [0.717, 1.165) is 18.7 Å². The number of carbonyl (C=O) groups excluding carboxylic acids is 1. The average Bonchev–Trinajstić information content (AvgIpc) is 2.70. The highest BCUT2D eigenvalue weighted by Gasteiger charge is 2.29. The van der Waals surface area contributed by atoms with E-state index in [-0.39, 0.29) is 17.5 Å². The van der Waals surface area contributed by atoms with Crippen molar-refractivity contribution in [1.29, 1.82) is 0 Å². The monoisotopic (exact) mass is 277 g/mol. The van der Waals surface area contributed by atoms with Crippen LogP contribution in [0.15, 0.2) is 12.1 Å². The quantitative estimate of drug-likeness (QED) is 0.852. The van der Waals surface area contributed by atoms with Gasteiger partial charge >= 0.3 is 5.97 Å². The highest BCUT2D eigenvalue weighted by Crippen LogP contribution is 2.19. The van der Waals surface area contributed by atoms with Crippen molar-refractivity contribution in [3.05, 3.63) is 23.4 Å². The Morgan fingerprint density at radius 1 is 1.55 bits per heavy atom. The van der Waals surface area contributed by atoms with Crippen LogP contribution in [0, 0.1) is 6.92 Å². The lowest BCUT2D eigenvalue weighted by molar-refractivity contribution is -0.127. The van der Waals surface area contributed by atoms with Gasteiger partial charge < -0.3 is 15.3 Å². The van der Waals surface area contributed by atoms with Crippen LogP contribution in [0.5, 0.6) is 0 Å². The first kappa shape index (κ1) is 14.3. The number of carboxylic acid groups (broad SMARTS) is 1. The van der Waals surface area contributed by atoms with Crippen LogP contribution in [0.1, 0.15) is 35.8 Å². The van der Waals surface area contributed by atoms with E-state index < -0.39 is 5.97 Å². The SMILES string of the molecule is CCCN1CC(Nc2nc(C)ccc2C(=O)O)CC1=O. The summed E-state index contributed by atoms with van der Waals surface area (Å²) >= 11 is 0. The Hall–Kier alpha value is -2.11. The molecule has 1 amide bonds. The molecule has 1 aromatic rings. The van der Waals surface area contributed by atoms with Crippen molar-refractivity contribution in [2.45, 2.75) is 32.7 Å². The van der Waals surface area contributed by atoms with Gasteiger partial charge in [-0.15, -0.1) is 0 Å². The molecule has 1 fully saturated rings. The van der Waals surface area contributed by atoms with E-state index in [1.165, 1.54) is 6.07 Å². The van der Waals surface area contributed by atoms with Gasteiger partial charge in [0.05, 0.1) is 6.04 Å². The molecule has 6 nitrogen and oxygen atoms in total. The molecule has 1 aromatic heterocycles. The van der Waals surface area contributed by atoms with Gasteiger partial charge in [0.1, 0.15) is 11.4 Å². The summed E-state index contributed by atoms with van der Waals surface area (Å²) in [5, 5.41) is 12.3. The zero-order chi connectivity index (χ0) is 14.7. The highest BCUT2D eigenvalue weighted by atomic mass is 16.4. The predicted octanol–water partition coefficient (Wildman–Crippen LogP) is 1.51. The van der Waals surface area contributed by atoms with Gasteiger partial charge in [0.2, 0.25) is 5.91 Å². The molecule has 2 heterocycles. The summed E-state index contributed by atoms with van der Waals surface area (Å²) in [4.78, 5) is 29.0. The Balaban J connectivity index is 2.13. The third kappa shape index (κ3) is 3.07. The zero-order valence-electron chi connectivity index (χ0n) is 11.7. The number of nitrogens with zero attached hydrogens (tertiary/aromatic N) is 2. The second-order valence-corrected chi connectivity index (χ2v) is 5.04. The molecule has 0 aromatic carbocycles. The summed E-state index contributed by atoms with van der Waals surface area (Å²) in [6.07, 6.45) is 1.30. The Kier molecular flexibility index (Phi) is 4.22. The number of aryl methyl sites for hydroxylation is 1. The molecule has 2 rings (SSSR count). The molecule has 1 aliphatic heterocycles. The zero-order valence-corrected chi connectivity index (χ0v) is 11.7. The van der Waals surface area contributed by atoms with E-state index in [1.807, 2.05) is 6.92 Å². The summed E-state index contributed by atoms with van der Waals surface area (Å²) in [5.74, 6) is -0.572. The molecule has 1 unspecified atom stereocenters. The highest BCUT2D eigenvalue weighted by molar-refractivity contribution is 5.93. The average molecular weight is 277 g/mol. The fourth-order valence-electron chi connectivity index (χ4n) is 2.39. The number of rotatable bonds is 5. The van der Waals surface area contributed by atoms with Gasteiger partial charge in [-0.25, -0.2) is 9.78 Å². The Morgan fingerprint density at radius 3 is 2.95 bits per heavy atom. The minimum absolute atomic E-state index is 0.0820. The second kappa shape index (κ2) is 5.90. The Bertz CT molecular complexity index is 530. The van der Waals surface area contributed by atoms with Crippen LogP contribution >= 0.6 is 0 Å². The lowest BCUT2D eigenvalue weighted by atomic mass is 10.2. The number of nitrogens with one attached hydrogen (secondary N) is 1. The van der Waals surface area contributed by atoms with Crippen molar-refractivity contribution in [1.82, 2.24) is 9.88 Å². The fraction of sp³-hybridized carbons (Fsp3) is 0.500. The first-order valence-corrected chi connectivity index (χ1v) is 6.76. The molecule has 1 saturated heterocycles. The van der Waals surface area contributed by atoms with Crippen molar-refractivity contribution in [2.75, 3.05) is 18.4 Å². The van der Waals surface area contributed by atoms with Gasteiger partial charge in [-0.05, 0) is 25.5 Å². The summed E-state index contributed by atoms with van der Waals surface area (Å²) in [7, 11) is 0. The molecular formula is C14H19N3O3. The minimum atomic E-state index is -1.02. The van der Waals surface area contributed by atoms with Crippen LogP contribution in [-0.4, -0.2) is 46.0 Å². The first-order valence-electron chi connectivity index (χ1n) is 6.76. The van der Waals surface area contributed by atoms with Crippen LogP contribution in [0.4, 0.5) is 5.82 Å². The number of hydrogen-bond acceptors (Lipinski definition) is 4. The molecule has 2 N–H and O–H groups in total. The molecule has 1 aliphatic rings. The molecular weight excluding hydrogens is 258 g/mol. The van der Waals surface area contributed by atoms with Crippen molar-refractivity contribution >= 4 is 17.7 Å². The van der Waals surface area contributed by atoms with Gasteiger partial charge in [0.15, 0.2) is 0 Å². The normalized spacial score (nSPS) is 18.4. The van der Waals surface area contributed by atoms with Gasteiger partial charge in [-0.1, -0.05) is 6.92 Å². The van der Waals surface area contributed by atoms with Crippen molar-refractivity contribution < 1.29 is 14.7 Å². The van der Waals surface area contributed by atoms with Crippen LogP contribution < -0.4 is 5.32 Å². The Morgan fingerprint density at radius 2 is 2.30 bits per heavy atom. The summed E-state index contributed by atoms with van der Waals surface area (Å²) in [6, 6.07) is 3.12. The molecule has 0 saturated carbocycles. The van der Waals surface area contributed by atoms with Crippen molar-refractivity contribution in [3.8, 4) is 0 Å². The van der Waals surface area contributed by atoms with Gasteiger partial charge in [-0.3, -0.25) is 4.79 Å². The number of hydrogen-bond donors (Lipinski definition) is 2. The van der Waals surface area contributed by atoms with Crippen LogP contribution in [0.25, 0.3) is 0 Å². The molecule has 0 aliphatic carbocycles. The van der Waals surface area contributed by atoms with E-state index in [1.54, 1.807) is 17.9 Å². The Labute approximate surface area is 117 Å². The molecule has 108 valence electrons. The fourth-order valence-corrected chi connectivity index (χ4v) is 2.39. The number of likely N-dealkylation sites (tertiary alicyclic amines) is 1. The second-order valence-electron chi connectivity index (χ2n) is 5.04. The van der Waals surface area contributed by atoms with Crippen molar-refractivity contribution in [3.63, 3.8) is 0 Å². The standard InChI is InChI=1S/C14H19N3O3/c1-3-6-17-8-10(7-12(17)18)16-13-11(14(19)20)5-4-9(2)15-13/h4-5,10H,3,6-8H2,1-2H3,(H,15,16)(H,19,20). The third-order valence-corrected chi connectivity index (χ3v) is 3.31. The number of carbonyl (C=O) groups is 2. The maximum absolute atomic E-state index is 11.8. The topological polar surface area (TPSA) is 82.5 Å². The van der Waals surface area contributed by atoms with E-state index in [0.29, 0.717) is 18.8 Å². The van der Waals surface area contributed by atoms with E-state index in [9.17, 15) is 9.59 Å². The van der Waals surface area contributed by atoms with Gasteiger partial charge in [0.25, 0.3) is 0 Å². The maximum Gasteiger partial charge on any atom is 0.339 e. The lowest BCUT2D eigenvalue weighted by Gasteiger charge is -2.17. The largest absolute Gasteiger partial charge is 0.478 e. The summed E-state index contributed by atoms with van der Waals surface area (Å²) in [5.41, 5.74) is 0.879. The third-order valence-electron chi connectivity index (χ3n) is 3.31. The number of aromatic carboxylic acids is 1. The van der Waals surface area contributed by atoms with Gasteiger partial charge in [-0.2, -0.15) is 0 Å². The molecule has 0 bridgehead atoms. The number of pyridine rings is 1. The van der Waals surface area contributed by atoms with E-state index in [4.69, 9.17) is 5.11 Å². The van der Waals surface area contributed by atoms with Crippen LogP contribution in [-0.2, 0) is 4.79 Å². The van der Waals surface area contributed by atoms with Crippen LogP contribution in [0.3, 0.4) is 0 Å².